The van der Waals surface area contributed by atoms with Crippen molar-refractivity contribution in [1.82, 2.24) is 5.32 Å². The molecule has 1 aliphatic carbocycles. The van der Waals surface area contributed by atoms with Crippen LogP contribution in [0.25, 0.3) is 0 Å². The third-order valence-corrected chi connectivity index (χ3v) is 5.72. The molecule has 3 N–H and O–H groups in total. The molecule has 1 aliphatic rings. The molecule has 6 nitrogen and oxygen atoms in total. The van der Waals surface area contributed by atoms with Crippen molar-refractivity contribution in [3.05, 3.63) is 54.1 Å². The number of ether oxygens (including phenoxy) is 1. The Balaban J connectivity index is 1.61. The number of benzene rings is 2. The van der Waals surface area contributed by atoms with Crippen LogP contribution in [0.15, 0.2) is 48.5 Å². The van der Waals surface area contributed by atoms with Crippen molar-refractivity contribution in [3.8, 4) is 5.75 Å². The minimum Gasteiger partial charge on any atom is -0.496 e. The summed E-state index contributed by atoms with van der Waals surface area (Å²) >= 11 is 0. The topological polar surface area (TPSA) is 79.5 Å². The summed E-state index contributed by atoms with van der Waals surface area (Å²) in [5.41, 5.74) is 2.17. The number of hydrogen-bond acceptors (Lipinski definition) is 4. The first-order valence-electron chi connectivity index (χ1n) is 11.1. The van der Waals surface area contributed by atoms with Gasteiger partial charge >= 0.3 is 0 Å². The molecule has 2 amide bonds. The summed E-state index contributed by atoms with van der Waals surface area (Å²) in [4.78, 5) is 25.7. The van der Waals surface area contributed by atoms with Crippen molar-refractivity contribution < 1.29 is 14.3 Å². The van der Waals surface area contributed by atoms with Crippen LogP contribution in [0.1, 0.15) is 56.3 Å². The summed E-state index contributed by atoms with van der Waals surface area (Å²) in [6, 6.07) is 14.6. The highest BCUT2D eigenvalue weighted by atomic mass is 16.5. The zero-order valence-corrected chi connectivity index (χ0v) is 18.6. The fourth-order valence-electron chi connectivity index (χ4n) is 3.94. The van der Waals surface area contributed by atoms with Gasteiger partial charge in [-0.05, 0) is 55.2 Å². The average Bonchev–Trinajstić information content (AvgIpc) is 2.79. The van der Waals surface area contributed by atoms with Crippen LogP contribution in [0, 0.1) is 5.92 Å². The van der Waals surface area contributed by atoms with E-state index in [4.69, 9.17) is 4.74 Å². The molecule has 0 aromatic heterocycles. The van der Waals surface area contributed by atoms with Crippen molar-refractivity contribution >= 4 is 23.2 Å². The number of para-hydroxylation sites is 1. The van der Waals surface area contributed by atoms with Gasteiger partial charge in [0.05, 0.1) is 12.7 Å². The van der Waals surface area contributed by atoms with E-state index < -0.39 is 6.04 Å². The first-order chi connectivity index (χ1) is 15.0. The maximum absolute atomic E-state index is 12.9. The van der Waals surface area contributed by atoms with Crippen LogP contribution in [0.4, 0.5) is 11.4 Å². The van der Waals surface area contributed by atoms with Crippen molar-refractivity contribution in [3.63, 3.8) is 0 Å². The lowest BCUT2D eigenvalue weighted by molar-refractivity contribution is -0.118. The Labute approximate surface area is 184 Å². The minimum absolute atomic E-state index is 0.0779. The molecule has 2 aromatic rings. The van der Waals surface area contributed by atoms with Gasteiger partial charge in [0.15, 0.2) is 0 Å². The van der Waals surface area contributed by atoms with Gasteiger partial charge in [-0.25, -0.2) is 0 Å². The first-order valence-corrected chi connectivity index (χ1v) is 11.1. The normalized spacial score (nSPS) is 15.2. The van der Waals surface area contributed by atoms with Crippen LogP contribution in [0.2, 0.25) is 0 Å². The Morgan fingerprint density at radius 1 is 0.935 bits per heavy atom. The summed E-state index contributed by atoms with van der Waals surface area (Å²) in [6.07, 6.45) is 6.31. The number of rotatable bonds is 8. The molecule has 0 heterocycles. The van der Waals surface area contributed by atoms with E-state index in [1.165, 1.54) is 39.2 Å². The van der Waals surface area contributed by atoms with Crippen LogP contribution in [0.3, 0.4) is 0 Å². The Kier molecular flexibility index (Phi) is 7.93. The van der Waals surface area contributed by atoms with E-state index in [2.05, 4.69) is 16.0 Å². The highest BCUT2D eigenvalue weighted by Crippen LogP contribution is 2.23. The van der Waals surface area contributed by atoms with Gasteiger partial charge in [0.1, 0.15) is 11.8 Å². The van der Waals surface area contributed by atoms with Gasteiger partial charge in [0, 0.05) is 17.4 Å². The zero-order valence-electron chi connectivity index (χ0n) is 18.6. The van der Waals surface area contributed by atoms with Crippen LogP contribution >= 0.6 is 0 Å². The Bertz CT molecular complexity index is 874. The SMILES string of the molecule is COc1ccccc1C(=O)NC(C(=O)Nc1ccc(NC2CCCCC2)cc1)C(C)C. The van der Waals surface area contributed by atoms with Gasteiger partial charge in [-0.15, -0.1) is 0 Å². The van der Waals surface area contributed by atoms with Gasteiger partial charge in [-0.3, -0.25) is 9.59 Å². The molecule has 6 heteroatoms. The second-order valence-electron chi connectivity index (χ2n) is 8.44. The third kappa shape index (κ3) is 6.23. The molecule has 2 aromatic carbocycles. The van der Waals surface area contributed by atoms with Gasteiger partial charge in [0.25, 0.3) is 5.91 Å². The second-order valence-corrected chi connectivity index (χ2v) is 8.44. The standard InChI is InChI=1S/C25H33N3O3/c1-17(2)23(28-24(29)21-11-7-8-12-22(21)31-3)25(30)27-20-15-13-19(14-16-20)26-18-9-5-4-6-10-18/h7-8,11-18,23,26H,4-6,9-10H2,1-3H3,(H,27,30)(H,28,29). The molecule has 1 atom stereocenters. The lowest BCUT2D eigenvalue weighted by Crippen LogP contribution is -2.47. The van der Waals surface area contributed by atoms with E-state index in [9.17, 15) is 9.59 Å². The number of anilines is 2. The molecule has 166 valence electrons. The number of methoxy groups -OCH3 is 1. The molecular weight excluding hydrogens is 390 g/mol. The summed E-state index contributed by atoms with van der Waals surface area (Å²) < 4.78 is 5.26. The minimum atomic E-state index is -0.669. The van der Waals surface area contributed by atoms with Gasteiger partial charge in [-0.1, -0.05) is 45.2 Å². The lowest BCUT2D eigenvalue weighted by Gasteiger charge is -2.24. The summed E-state index contributed by atoms with van der Waals surface area (Å²) in [7, 11) is 1.52. The van der Waals surface area contributed by atoms with Crippen molar-refractivity contribution in [2.75, 3.05) is 17.7 Å². The lowest BCUT2D eigenvalue weighted by atomic mass is 9.95. The Hall–Kier alpha value is -3.02. The van der Waals surface area contributed by atoms with E-state index >= 15 is 0 Å². The van der Waals surface area contributed by atoms with E-state index in [1.54, 1.807) is 24.3 Å². The molecule has 1 saturated carbocycles. The predicted molar refractivity (Wildman–Crippen MR) is 125 cm³/mol. The molecule has 0 saturated heterocycles. The Morgan fingerprint density at radius 2 is 1.58 bits per heavy atom. The van der Waals surface area contributed by atoms with Gasteiger partial charge in [-0.2, -0.15) is 0 Å². The summed E-state index contributed by atoms with van der Waals surface area (Å²) in [6.45, 7) is 3.81. The van der Waals surface area contributed by atoms with Crippen LogP contribution in [0.5, 0.6) is 5.75 Å². The zero-order chi connectivity index (χ0) is 22.2. The summed E-state index contributed by atoms with van der Waals surface area (Å²) in [5, 5.41) is 9.35. The molecule has 31 heavy (non-hydrogen) atoms. The van der Waals surface area contributed by atoms with Crippen LogP contribution in [-0.2, 0) is 4.79 Å². The number of hydrogen-bond donors (Lipinski definition) is 3. The van der Waals surface area contributed by atoms with E-state index in [1.807, 2.05) is 38.1 Å². The number of carbonyl (C=O) groups excluding carboxylic acids is 2. The largest absolute Gasteiger partial charge is 0.496 e. The maximum Gasteiger partial charge on any atom is 0.255 e. The van der Waals surface area contributed by atoms with Gasteiger partial charge in [0.2, 0.25) is 5.91 Å². The summed E-state index contributed by atoms with van der Waals surface area (Å²) in [5.74, 6) is -0.181. The smallest absolute Gasteiger partial charge is 0.255 e. The molecular formula is C25H33N3O3. The predicted octanol–water partition coefficient (Wildman–Crippen LogP) is 4.83. The van der Waals surface area contributed by atoms with Gasteiger partial charge < -0.3 is 20.7 Å². The molecule has 0 spiro atoms. The fraction of sp³-hybridized carbons (Fsp3) is 0.440. The number of carbonyl (C=O) groups is 2. The van der Waals surface area contributed by atoms with Crippen molar-refractivity contribution in [1.29, 1.82) is 0 Å². The van der Waals surface area contributed by atoms with E-state index in [0.29, 0.717) is 23.0 Å². The monoisotopic (exact) mass is 423 g/mol. The highest BCUT2D eigenvalue weighted by molar-refractivity contribution is 6.02. The van der Waals surface area contributed by atoms with Crippen LogP contribution < -0.4 is 20.7 Å². The second kappa shape index (κ2) is 10.8. The molecule has 0 bridgehead atoms. The Morgan fingerprint density at radius 3 is 2.23 bits per heavy atom. The van der Waals surface area contributed by atoms with E-state index in [0.717, 1.165) is 5.69 Å². The van der Waals surface area contributed by atoms with Crippen molar-refractivity contribution in [2.24, 2.45) is 5.92 Å². The van der Waals surface area contributed by atoms with Crippen LogP contribution in [-0.4, -0.2) is 31.0 Å². The molecule has 0 aliphatic heterocycles. The average molecular weight is 424 g/mol. The fourth-order valence-corrected chi connectivity index (χ4v) is 3.94. The molecule has 1 unspecified atom stereocenters. The van der Waals surface area contributed by atoms with Crippen molar-refractivity contribution in [2.45, 2.75) is 58.0 Å². The quantitative estimate of drug-likeness (QED) is 0.568. The molecule has 3 rings (SSSR count). The highest BCUT2D eigenvalue weighted by Gasteiger charge is 2.26. The number of amides is 2. The third-order valence-electron chi connectivity index (χ3n) is 5.72. The number of nitrogens with one attached hydrogen (secondary N) is 3. The van der Waals surface area contributed by atoms with E-state index in [-0.39, 0.29) is 17.7 Å². The first kappa shape index (κ1) is 22.7. The maximum atomic E-state index is 12.9. The molecule has 1 fully saturated rings. The molecule has 0 radical (unpaired) electrons.